The number of aryl methyl sites for hydroxylation is 2. The molecule has 0 bridgehead atoms. The average Bonchev–Trinajstić information content (AvgIpc) is 3.55. The lowest BCUT2D eigenvalue weighted by atomic mass is 9.97. The fraction of sp³-hybridized carbons (Fsp3) is 0.286. The van der Waals surface area contributed by atoms with Crippen molar-refractivity contribution in [1.82, 2.24) is 24.6 Å². The fourth-order valence-electron chi connectivity index (χ4n) is 4.62. The van der Waals surface area contributed by atoms with Crippen LogP contribution in [0.5, 0.6) is 0 Å². The lowest BCUT2D eigenvalue weighted by molar-refractivity contribution is 0.420. The lowest BCUT2D eigenvalue weighted by Crippen LogP contribution is -2.41. The highest BCUT2D eigenvalue weighted by atomic mass is 35.5. The van der Waals surface area contributed by atoms with Gasteiger partial charge in [-0.25, -0.2) is 18.1 Å². The van der Waals surface area contributed by atoms with E-state index in [1.807, 2.05) is 19.9 Å². The Bertz CT molecular complexity index is 1920. The number of halogens is 1. The van der Waals surface area contributed by atoms with Crippen LogP contribution >= 0.6 is 11.6 Å². The maximum Gasteiger partial charge on any atom is 0.260 e. The van der Waals surface area contributed by atoms with E-state index < -0.39 is 21.6 Å². The molecule has 0 radical (unpaired) electrons. The van der Waals surface area contributed by atoms with Crippen molar-refractivity contribution in [3.8, 4) is 22.5 Å². The van der Waals surface area contributed by atoms with Crippen molar-refractivity contribution >= 4 is 38.3 Å². The Morgan fingerprint density at radius 2 is 1.88 bits per heavy atom. The third-order valence-electron chi connectivity index (χ3n) is 6.21. The second-order valence-corrected chi connectivity index (χ2v) is 12.9. The lowest BCUT2D eigenvalue weighted by Gasteiger charge is -2.23. The van der Waals surface area contributed by atoms with Crippen LogP contribution in [-0.4, -0.2) is 33.9 Å². The molecule has 2 N–H and O–H groups in total. The normalized spacial score (nSPS) is 13.0. The van der Waals surface area contributed by atoms with E-state index in [1.165, 1.54) is 18.5 Å². The van der Waals surface area contributed by atoms with Crippen LogP contribution in [0.2, 0.25) is 5.15 Å². The van der Waals surface area contributed by atoms with Gasteiger partial charge in [0.1, 0.15) is 22.8 Å². The maximum atomic E-state index is 14.0. The predicted octanol–water partition coefficient (Wildman–Crippen LogP) is 5.46. The van der Waals surface area contributed by atoms with E-state index in [0.717, 1.165) is 5.56 Å². The SMILES string of the molecule is Cc1cc(C(C)Nc2ccc(Cl)nc2S(=O)(=O)NC(C)(C)C)c2oc(-c3cnn(C)c3)c(-c3cnoc3)c(=O)c2c1. The summed E-state index contributed by atoms with van der Waals surface area (Å²) in [5.41, 5.74) is 2.40. The molecule has 0 saturated heterocycles. The molecule has 41 heavy (non-hydrogen) atoms. The van der Waals surface area contributed by atoms with Crippen molar-refractivity contribution in [2.75, 3.05) is 5.32 Å². The number of fused-ring (bicyclic) bond motifs is 1. The number of sulfonamides is 1. The van der Waals surface area contributed by atoms with Gasteiger partial charge in [-0.1, -0.05) is 22.8 Å². The molecule has 0 aliphatic heterocycles. The molecule has 11 nitrogen and oxygen atoms in total. The molecule has 13 heteroatoms. The van der Waals surface area contributed by atoms with Gasteiger partial charge in [-0.15, -0.1) is 0 Å². The summed E-state index contributed by atoms with van der Waals surface area (Å²) in [7, 11) is -2.27. The highest BCUT2D eigenvalue weighted by molar-refractivity contribution is 7.89. The molecule has 214 valence electrons. The summed E-state index contributed by atoms with van der Waals surface area (Å²) in [5.74, 6) is 0.307. The average molecular weight is 597 g/mol. The highest BCUT2D eigenvalue weighted by Crippen LogP contribution is 2.36. The van der Waals surface area contributed by atoms with Crippen molar-refractivity contribution < 1.29 is 17.4 Å². The van der Waals surface area contributed by atoms with E-state index in [-0.39, 0.29) is 21.3 Å². The molecule has 0 aliphatic rings. The van der Waals surface area contributed by atoms with Crippen molar-refractivity contribution in [3.05, 3.63) is 75.6 Å². The van der Waals surface area contributed by atoms with Crippen molar-refractivity contribution in [3.63, 3.8) is 0 Å². The van der Waals surface area contributed by atoms with Crippen LogP contribution in [0.4, 0.5) is 5.69 Å². The van der Waals surface area contributed by atoms with Crippen LogP contribution in [0.15, 0.2) is 67.9 Å². The number of rotatable bonds is 7. The number of hydrogen-bond acceptors (Lipinski definition) is 9. The zero-order chi connectivity index (χ0) is 29.7. The molecule has 5 rings (SSSR count). The van der Waals surface area contributed by atoms with Crippen LogP contribution in [0.25, 0.3) is 33.4 Å². The molecular formula is C28H29ClN6O5S. The Kier molecular flexibility index (Phi) is 7.26. The molecule has 1 aromatic carbocycles. The molecule has 0 saturated carbocycles. The van der Waals surface area contributed by atoms with Gasteiger partial charge in [-0.3, -0.25) is 9.48 Å². The first-order valence-electron chi connectivity index (χ1n) is 12.7. The van der Waals surface area contributed by atoms with Crippen LogP contribution in [0.3, 0.4) is 0 Å². The summed E-state index contributed by atoms with van der Waals surface area (Å²) in [6.45, 7) is 8.92. The topological polar surface area (TPSA) is 145 Å². The molecule has 1 unspecified atom stereocenters. The first kappa shape index (κ1) is 28.5. The summed E-state index contributed by atoms with van der Waals surface area (Å²) < 4.78 is 42.3. The van der Waals surface area contributed by atoms with Gasteiger partial charge in [0.25, 0.3) is 10.0 Å². The standard InChI is InChI=1S/C28H29ClN6O5S/c1-15-9-19(16(2)32-21-7-8-22(29)33-27(21)41(37,38)34-28(3,4)5)26-20(10-15)24(36)23(18-12-31-39-14-18)25(40-26)17-11-30-35(6)13-17/h7-14,16,32,34H,1-6H3. The molecule has 1 atom stereocenters. The van der Waals surface area contributed by atoms with E-state index in [4.69, 9.17) is 20.5 Å². The molecule has 0 spiro atoms. The van der Waals surface area contributed by atoms with Gasteiger partial charge >= 0.3 is 0 Å². The number of nitrogens with zero attached hydrogens (tertiary/aromatic N) is 4. The molecule has 4 heterocycles. The second-order valence-electron chi connectivity index (χ2n) is 10.9. The third-order valence-corrected chi connectivity index (χ3v) is 8.12. The summed E-state index contributed by atoms with van der Waals surface area (Å²) >= 11 is 6.10. The minimum Gasteiger partial charge on any atom is -0.455 e. The van der Waals surface area contributed by atoms with Crippen LogP contribution in [0, 0.1) is 6.92 Å². The van der Waals surface area contributed by atoms with Gasteiger partial charge in [0.15, 0.2) is 5.03 Å². The number of hydrogen-bond donors (Lipinski definition) is 2. The number of aromatic nitrogens is 4. The van der Waals surface area contributed by atoms with E-state index >= 15 is 0 Å². The molecule has 5 aromatic rings. The van der Waals surface area contributed by atoms with Crippen molar-refractivity contribution in [2.45, 2.75) is 51.2 Å². The zero-order valence-corrected chi connectivity index (χ0v) is 24.9. The quantitative estimate of drug-likeness (QED) is 0.234. The van der Waals surface area contributed by atoms with E-state index in [0.29, 0.717) is 39.0 Å². The van der Waals surface area contributed by atoms with E-state index in [9.17, 15) is 13.2 Å². The van der Waals surface area contributed by atoms with Gasteiger partial charge in [0, 0.05) is 29.9 Å². The zero-order valence-electron chi connectivity index (χ0n) is 23.3. The number of pyridine rings is 1. The van der Waals surface area contributed by atoms with E-state index in [2.05, 4.69) is 25.3 Å². The van der Waals surface area contributed by atoms with E-state index in [1.54, 1.807) is 57.0 Å². The minimum atomic E-state index is -4.03. The summed E-state index contributed by atoms with van der Waals surface area (Å²) in [4.78, 5) is 18.1. The fourth-order valence-corrected chi connectivity index (χ4v) is 6.36. The Balaban J connectivity index is 1.68. The molecule has 0 fully saturated rings. The van der Waals surface area contributed by atoms with Crippen molar-refractivity contribution in [1.29, 1.82) is 0 Å². The Hall–Kier alpha value is -4.00. The smallest absolute Gasteiger partial charge is 0.260 e. The molecule has 4 aromatic heterocycles. The Labute approximate surface area is 241 Å². The highest BCUT2D eigenvalue weighted by Gasteiger charge is 2.28. The third kappa shape index (κ3) is 5.76. The molecule has 0 amide bonds. The second kappa shape index (κ2) is 10.4. The number of nitrogens with one attached hydrogen (secondary N) is 2. The van der Waals surface area contributed by atoms with Crippen LogP contribution in [-0.2, 0) is 17.1 Å². The Morgan fingerprint density at radius 1 is 1.12 bits per heavy atom. The number of benzene rings is 1. The molecular weight excluding hydrogens is 568 g/mol. The van der Waals surface area contributed by atoms with Crippen LogP contribution < -0.4 is 15.5 Å². The number of anilines is 1. The van der Waals surface area contributed by atoms with Gasteiger partial charge in [0.2, 0.25) is 5.43 Å². The summed E-state index contributed by atoms with van der Waals surface area (Å²) in [5, 5.41) is 11.4. The van der Waals surface area contributed by atoms with Gasteiger partial charge in [-0.05, 0) is 58.4 Å². The summed E-state index contributed by atoms with van der Waals surface area (Å²) in [6, 6.07) is 6.19. The van der Waals surface area contributed by atoms with Gasteiger partial charge in [0.05, 0.1) is 40.6 Å². The van der Waals surface area contributed by atoms with Crippen LogP contribution in [0.1, 0.15) is 44.9 Å². The Morgan fingerprint density at radius 3 is 2.51 bits per heavy atom. The largest absolute Gasteiger partial charge is 0.455 e. The minimum absolute atomic E-state index is 0.0341. The first-order valence-corrected chi connectivity index (χ1v) is 14.6. The van der Waals surface area contributed by atoms with Gasteiger partial charge in [-0.2, -0.15) is 5.10 Å². The predicted molar refractivity (Wildman–Crippen MR) is 156 cm³/mol. The molecule has 0 aliphatic carbocycles. The van der Waals surface area contributed by atoms with Crippen molar-refractivity contribution in [2.24, 2.45) is 7.05 Å². The first-order chi connectivity index (χ1) is 19.2. The maximum absolute atomic E-state index is 14.0. The van der Waals surface area contributed by atoms with Gasteiger partial charge < -0.3 is 14.3 Å². The monoisotopic (exact) mass is 596 g/mol. The summed E-state index contributed by atoms with van der Waals surface area (Å²) in [6.07, 6.45) is 6.20.